The van der Waals surface area contributed by atoms with E-state index >= 15 is 0 Å². The van der Waals surface area contributed by atoms with Gasteiger partial charge >= 0.3 is 0 Å². The minimum absolute atomic E-state index is 0.792. The lowest BCUT2D eigenvalue weighted by atomic mass is 9.89. The van der Waals surface area contributed by atoms with Gasteiger partial charge < -0.3 is 50.7 Å². The Kier molecular flexibility index (Phi) is 7.41. The second kappa shape index (κ2) is 8.39. The normalized spacial score (nSPS) is 37.0. The van der Waals surface area contributed by atoms with E-state index in [0.717, 1.165) is 0 Å². The molecular weight excluding hydrogens is 320 g/mol. The van der Waals surface area contributed by atoms with E-state index in [1.807, 2.05) is 0 Å². The van der Waals surface area contributed by atoms with Gasteiger partial charge in [-0.05, 0) is 0 Å². The molecule has 0 aromatic heterocycles. The molecular formula is C12H22O11. The minimum atomic E-state index is -2.33. The van der Waals surface area contributed by atoms with E-state index in [2.05, 4.69) is 0 Å². The van der Waals surface area contributed by atoms with Gasteiger partial charge in [0.15, 0.2) is 5.78 Å². The molecule has 9 atom stereocenters. The van der Waals surface area contributed by atoms with Crippen molar-refractivity contribution in [1.29, 1.82) is 0 Å². The van der Waals surface area contributed by atoms with E-state index in [4.69, 9.17) is 14.9 Å². The van der Waals surface area contributed by atoms with Crippen LogP contribution in [-0.2, 0) is 9.53 Å². The summed E-state index contributed by atoms with van der Waals surface area (Å²) in [6.45, 7) is -1.74. The summed E-state index contributed by atoms with van der Waals surface area (Å²) in [7, 11) is 0. The summed E-state index contributed by atoms with van der Waals surface area (Å²) in [5.74, 6) is -1.35. The van der Waals surface area contributed by atoms with E-state index in [-0.39, 0.29) is 0 Å². The second-order valence-electron chi connectivity index (χ2n) is 5.33. The first-order valence-electron chi connectivity index (χ1n) is 6.84. The Balaban J connectivity index is 2.85. The van der Waals surface area contributed by atoms with Crippen LogP contribution < -0.4 is 0 Å². The van der Waals surface area contributed by atoms with Crippen LogP contribution in [0, 0.1) is 0 Å². The number of rotatable bonds is 7. The second-order valence-corrected chi connectivity index (χ2v) is 5.33. The molecule has 1 saturated heterocycles. The molecule has 1 heterocycles. The summed E-state index contributed by atoms with van der Waals surface area (Å²) in [5.41, 5.74) is 0. The molecule has 23 heavy (non-hydrogen) atoms. The highest BCUT2D eigenvalue weighted by atomic mass is 16.5. The predicted octanol–water partition coefficient (Wildman–Crippen LogP) is -6.17. The van der Waals surface area contributed by atoms with Crippen LogP contribution in [0.25, 0.3) is 0 Å². The molecule has 0 saturated carbocycles. The van der Waals surface area contributed by atoms with Crippen molar-refractivity contribution in [2.24, 2.45) is 0 Å². The lowest BCUT2D eigenvalue weighted by Crippen LogP contribution is -2.63. The summed E-state index contributed by atoms with van der Waals surface area (Å²) >= 11 is 0. The highest BCUT2D eigenvalue weighted by Gasteiger charge is 2.49. The molecule has 0 bridgehead atoms. The molecule has 1 fully saturated rings. The van der Waals surface area contributed by atoms with Gasteiger partial charge in [0.1, 0.15) is 54.9 Å². The zero-order valence-electron chi connectivity index (χ0n) is 12.0. The van der Waals surface area contributed by atoms with Crippen LogP contribution in [0.15, 0.2) is 0 Å². The van der Waals surface area contributed by atoms with Gasteiger partial charge in [-0.1, -0.05) is 0 Å². The van der Waals surface area contributed by atoms with Crippen LogP contribution >= 0.6 is 0 Å². The van der Waals surface area contributed by atoms with Gasteiger partial charge in [0.25, 0.3) is 0 Å². The number of carbonyl (C=O) groups excluding carboxylic acids is 1. The third kappa shape index (κ3) is 4.22. The number of ketones is 1. The maximum Gasteiger partial charge on any atom is 0.195 e. The van der Waals surface area contributed by atoms with Crippen molar-refractivity contribution in [3.05, 3.63) is 0 Å². The van der Waals surface area contributed by atoms with Crippen LogP contribution in [0.4, 0.5) is 0 Å². The molecule has 0 spiro atoms. The third-order valence-corrected chi connectivity index (χ3v) is 3.72. The van der Waals surface area contributed by atoms with Crippen LogP contribution in [-0.4, -0.2) is 120 Å². The van der Waals surface area contributed by atoms with Crippen molar-refractivity contribution in [3.8, 4) is 0 Å². The molecule has 1 rings (SSSR count). The number of ether oxygens (including phenoxy) is 1. The first-order valence-corrected chi connectivity index (χ1v) is 6.84. The predicted molar refractivity (Wildman–Crippen MR) is 69.9 cm³/mol. The fraction of sp³-hybridized carbons (Fsp3) is 0.917. The SMILES string of the molecule is O=C([C@H](O)[C@@H](O)[C@H](O)[C@H](O)CO)[C@@H]1O[C@H](CO)[C@@H](O)[C@H](O)[C@H]1O. The third-order valence-electron chi connectivity index (χ3n) is 3.72. The van der Waals surface area contributed by atoms with Gasteiger partial charge in [0, 0.05) is 0 Å². The number of hydrogen-bond donors (Lipinski definition) is 9. The minimum Gasteiger partial charge on any atom is -0.394 e. The van der Waals surface area contributed by atoms with Crippen molar-refractivity contribution in [2.45, 2.75) is 54.9 Å². The molecule has 11 nitrogen and oxygen atoms in total. The van der Waals surface area contributed by atoms with E-state index in [0.29, 0.717) is 0 Å². The van der Waals surface area contributed by atoms with Crippen LogP contribution in [0.3, 0.4) is 0 Å². The lowest BCUT2D eigenvalue weighted by Gasteiger charge is -2.40. The quantitative estimate of drug-likeness (QED) is 0.212. The fourth-order valence-corrected chi connectivity index (χ4v) is 2.20. The number of aliphatic hydroxyl groups excluding tert-OH is 9. The van der Waals surface area contributed by atoms with Crippen molar-refractivity contribution in [2.75, 3.05) is 13.2 Å². The average Bonchev–Trinajstić information content (AvgIpc) is 2.56. The smallest absolute Gasteiger partial charge is 0.195 e. The van der Waals surface area contributed by atoms with Gasteiger partial charge in [-0.2, -0.15) is 0 Å². The highest BCUT2D eigenvalue weighted by molar-refractivity contribution is 5.88. The van der Waals surface area contributed by atoms with Gasteiger partial charge in [-0.3, -0.25) is 4.79 Å². The lowest BCUT2D eigenvalue weighted by molar-refractivity contribution is -0.231. The van der Waals surface area contributed by atoms with Crippen molar-refractivity contribution < 1.29 is 55.5 Å². The standard InChI is InChI=1S/C12H22O11/c13-1-3(15)5(16)7(18)9(20)11(22)12-10(21)8(19)6(17)4(2-14)23-12/h3-10,12-21H,1-2H2/t3-,4-,5-,6-,7+,8+,9-,10-,12-/m1/s1. The fourth-order valence-electron chi connectivity index (χ4n) is 2.20. The van der Waals surface area contributed by atoms with E-state index in [1.54, 1.807) is 0 Å². The summed E-state index contributed by atoms with van der Waals surface area (Å²) in [6.07, 6.45) is -17.2. The maximum absolute atomic E-state index is 12.1. The maximum atomic E-state index is 12.1. The molecule has 0 amide bonds. The Bertz CT molecular complexity index is 389. The van der Waals surface area contributed by atoms with Crippen molar-refractivity contribution in [3.63, 3.8) is 0 Å². The van der Waals surface area contributed by atoms with Crippen LogP contribution in [0.2, 0.25) is 0 Å². The largest absolute Gasteiger partial charge is 0.394 e. The first kappa shape index (κ1) is 20.3. The molecule has 1 aliphatic rings. The summed E-state index contributed by atoms with van der Waals surface area (Å²) in [4.78, 5) is 12.1. The van der Waals surface area contributed by atoms with E-state index in [1.165, 1.54) is 0 Å². The Morgan fingerprint density at radius 1 is 0.913 bits per heavy atom. The average molecular weight is 342 g/mol. The molecule has 0 aromatic carbocycles. The molecule has 9 N–H and O–H groups in total. The monoisotopic (exact) mass is 342 g/mol. The van der Waals surface area contributed by atoms with E-state index in [9.17, 15) is 40.5 Å². The number of Topliss-reactive ketones (excluding diaryl/α,β-unsaturated/α-hetero) is 1. The van der Waals surface area contributed by atoms with Crippen molar-refractivity contribution >= 4 is 5.78 Å². The van der Waals surface area contributed by atoms with Gasteiger partial charge in [-0.25, -0.2) is 0 Å². The molecule has 0 radical (unpaired) electrons. The zero-order chi connectivity index (χ0) is 17.9. The highest BCUT2D eigenvalue weighted by Crippen LogP contribution is 2.23. The number of hydrogen-bond acceptors (Lipinski definition) is 11. The molecule has 1 aliphatic heterocycles. The van der Waals surface area contributed by atoms with Crippen LogP contribution in [0.5, 0.6) is 0 Å². The molecule has 11 heteroatoms. The van der Waals surface area contributed by atoms with Gasteiger partial charge in [0.2, 0.25) is 0 Å². The summed E-state index contributed by atoms with van der Waals surface area (Å²) < 4.78 is 4.91. The molecule has 0 unspecified atom stereocenters. The molecule has 136 valence electrons. The Morgan fingerprint density at radius 3 is 1.96 bits per heavy atom. The Labute approximate surface area is 130 Å². The van der Waals surface area contributed by atoms with Gasteiger partial charge in [0.05, 0.1) is 13.2 Å². The molecule has 0 aromatic rings. The number of aliphatic hydroxyl groups is 9. The van der Waals surface area contributed by atoms with E-state index < -0.39 is 73.9 Å². The van der Waals surface area contributed by atoms with Crippen LogP contribution in [0.1, 0.15) is 0 Å². The van der Waals surface area contributed by atoms with Crippen molar-refractivity contribution in [1.82, 2.24) is 0 Å². The Hall–Kier alpha value is -0.730. The first-order chi connectivity index (χ1) is 10.7. The van der Waals surface area contributed by atoms with Gasteiger partial charge in [-0.15, -0.1) is 0 Å². The summed E-state index contributed by atoms with van der Waals surface area (Å²) in [5, 5.41) is 84.5. The number of carbonyl (C=O) groups is 1. The molecule has 0 aliphatic carbocycles. The summed E-state index contributed by atoms with van der Waals surface area (Å²) in [6, 6.07) is 0. The Morgan fingerprint density at radius 2 is 1.48 bits per heavy atom. The topological polar surface area (TPSA) is 208 Å². The zero-order valence-corrected chi connectivity index (χ0v) is 12.0.